The monoisotopic (exact) mass is 333 g/mol. The van der Waals surface area contributed by atoms with Crippen molar-refractivity contribution in [2.75, 3.05) is 5.32 Å². The van der Waals surface area contributed by atoms with E-state index in [-0.39, 0.29) is 16.8 Å². The molecular weight excluding hydrogens is 326 g/mol. The van der Waals surface area contributed by atoms with Crippen molar-refractivity contribution in [3.63, 3.8) is 0 Å². The van der Waals surface area contributed by atoms with Gasteiger partial charge in [0.15, 0.2) is 0 Å². The van der Waals surface area contributed by atoms with Crippen LogP contribution in [-0.2, 0) is 6.18 Å². The molecular formula is C16H7F4N3O. The molecule has 0 saturated heterocycles. The third-order valence-corrected chi connectivity index (χ3v) is 3.06. The Balaban J connectivity index is 2.34. The predicted octanol–water partition coefficient (Wildman–Crippen LogP) is 3.84. The van der Waals surface area contributed by atoms with E-state index in [1.807, 2.05) is 0 Å². The van der Waals surface area contributed by atoms with E-state index < -0.39 is 29.0 Å². The highest BCUT2D eigenvalue weighted by Gasteiger charge is 2.32. The highest BCUT2D eigenvalue weighted by molar-refractivity contribution is 6.04. The van der Waals surface area contributed by atoms with E-state index in [1.165, 1.54) is 18.2 Å². The van der Waals surface area contributed by atoms with Gasteiger partial charge < -0.3 is 5.32 Å². The van der Waals surface area contributed by atoms with E-state index in [0.717, 1.165) is 0 Å². The summed E-state index contributed by atoms with van der Waals surface area (Å²) in [6.07, 6.45) is -4.72. The first-order valence-corrected chi connectivity index (χ1v) is 6.38. The Kier molecular flexibility index (Phi) is 4.52. The molecule has 0 heterocycles. The van der Waals surface area contributed by atoms with Gasteiger partial charge in [-0.1, -0.05) is 0 Å². The molecule has 0 fully saturated rings. The van der Waals surface area contributed by atoms with Gasteiger partial charge in [-0.25, -0.2) is 4.39 Å². The van der Waals surface area contributed by atoms with Crippen molar-refractivity contribution in [3.8, 4) is 12.1 Å². The minimum atomic E-state index is -4.72. The molecule has 1 amide bonds. The van der Waals surface area contributed by atoms with Gasteiger partial charge in [-0.05, 0) is 36.4 Å². The number of halogens is 4. The van der Waals surface area contributed by atoms with E-state index in [4.69, 9.17) is 10.5 Å². The van der Waals surface area contributed by atoms with Crippen molar-refractivity contribution in [1.82, 2.24) is 0 Å². The molecule has 0 spiro atoms. The minimum absolute atomic E-state index is 0.0279. The Hall–Kier alpha value is -3.39. The van der Waals surface area contributed by atoms with Crippen LogP contribution in [0.3, 0.4) is 0 Å². The lowest BCUT2D eigenvalue weighted by Gasteiger charge is -2.10. The second-order valence-corrected chi connectivity index (χ2v) is 4.63. The topological polar surface area (TPSA) is 76.7 Å². The number of benzene rings is 2. The Labute approximate surface area is 133 Å². The van der Waals surface area contributed by atoms with Crippen LogP contribution < -0.4 is 5.32 Å². The third kappa shape index (κ3) is 3.50. The smallest absolute Gasteiger partial charge is 0.322 e. The molecule has 0 atom stereocenters. The summed E-state index contributed by atoms with van der Waals surface area (Å²) in [5.41, 5.74) is -1.85. The quantitative estimate of drug-likeness (QED) is 0.848. The predicted molar refractivity (Wildman–Crippen MR) is 75.2 cm³/mol. The molecule has 4 nitrogen and oxygen atoms in total. The maximum atomic E-state index is 13.7. The first-order chi connectivity index (χ1) is 11.3. The number of alkyl halides is 3. The largest absolute Gasteiger partial charge is 0.416 e. The molecule has 0 aliphatic rings. The summed E-state index contributed by atoms with van der Waals surface area (Å²) >= 11 is 0. The van der Waals surface area contributed by atoms with Crippen molar-refractivity contribution < 1.29 is 22.4 Å². The zero-order chi connectivity index (χ0) is 17.9. The summed E-state index contributed by atoms with van der Waals surface area (Å²) in [5.74, 6) is -2.22. The summed E-state index contributed by atoms with van der Waals surface area (Å²) in [5, 5.41) is 19.9. The second kappa shape index (κ2) is 6.39. The molecule has 0 aromatic heterocycles. The summed E-state index contributed by atoms with van der Waals surface area (Å²) in [6, 6.07) is 8.71. The maximum Gasteiger partial charge on any atom is 0.416 e. The minimum Gasteiger partial charge on any atom is -0.322 e. The summed E-state index contributed by atoms with van der Waals surface area (Å²) in [7, 11) is 0. The van der Waals surface area contributed by atoms with Crippen LogP contribution in [0, 0.1) is 28.5 Å². The molecule has 1 N–H and O–H groups in total. The molecule has 0 saturated carbocycles. The highest BCUT2D eigenvalue weighted by Crippen LogP contribution is 2.30. The number of anilines is 1. The third-order valence-electron chi connectivity index (χ3n) is 3.06. The number of nitriles is 2. The first kappa shape index (κ1) is 17.0. The Bertz CT molecular complexity index is 892. The summed E-state index contributed by atoms with van der Waals surface area (Å²) in [4.78, 5) is 12.0. The van der Waals surface area contributed by atoms with Crippen molar-refractivity contribution in [2.24, 2.45) is 0 Å². The standard InChI is InChI=1S/C16H7F4N3O/c17-14-4-2-11(16(18,19)20)6-13(14)15(24)23-12-3-1-9(7-21)10(5-12)8-22/h1-6H,(H,23,24). The molecule has 2 aromatic carbocycles. The van der Waals surface area contributed by atoms with Gasteiger partial charge in [-0.3, -0.25) is 4.79 Å². The van der Waals surface area contributed by atoms with Gasteiger partial charge in [0.05, 0.1) is 22.3 Å². The van der Waals surface area contributed by atoms with Gasteiger partial charge in [-0.15, -0.1) is 0 Å². The molecule has 0 unspecified atom stereocenters. The molecule has 120 valence electrons. The highest BCUT2D eigenvalue weighted by atomic mass is 19.4. The molecule has 2 aromatic rings. The molecule has 0 radical (unpaired) electrons. The lowest BCUT2D eigenvalue weighted by molar-refractivity contribution is -0.137. The van der Waals surface area contributed by atoms with Crippen LogP contribution in [0.5, 0.6) is 0 Å². The van der Waals surface area contributed by atoms with Gasteiger partial charge in [0.25, 0.3) is 5.91 Å². The van der Waals surface area contributed by atoms with E-state index in [9.17, 15) is 22.4 Å². The van der Waals surface area contributed by atoms with Crippen molar-refractivity contribution in [1.29, 1.82) is 10.5 Å². The lowest BCUT2D eigenvalue weighted by Crippen LogP contribution is -2.16. The Morgan fingerprint density at radius 2 is 1.67 bits per heavy atom. The number of hydrogen-bond donors (Lipinski definition) is 1. The fourth-order valence-electron chi connectivity index (χ4n) is 1.89. The van der Waals surface area contributed by atoms with Crippen molar-refractivity contribution in [3.05, 3.63) is 64.5 Å². The first-order valence-electron chi connectivity index (χ1n) is 6.38. The Morgan fingerprint density at radius 3 is 2.25 bits per heavy atom. The van der Waals surface area contributed by atoms with Crippen LogP contribution in [-0.4, -0.2) is 5.91 Å². The average Bonchev–Trinajstić information content (AvgIpc) is 2.53. The molecule has 24 heavy (non-hydrogen) atoms. The van der Waals surface area contributed by atoms with Crippen LogP contribution in [0.1, 0.15) is 27.0 Å². The lowest BCUT2D eigenvalue weighted by atomic mass is 10.1. The normalized spacial score (nSPS) is 10.6. The summed E-state index contributed by atoms with van der Waals surface area (Å²) < 4.78 is 51.6. The zero-order valence-corrected chi connectivity index (χ0v) is 11.8. The molecule has 2 rings (SSSR count). The molecule has 0 aliphatic heterocycles. The van der Waals surface area contributed by atoms with Gasteiger partial charge in [0.1, 0.15) is 18.0 Å². The van der Waals surface area contributed by atoms with Gasteiger partial charge >= 0.3 is 6.18 Å². The number of hydrogen-bond acceptors (Lipinski definition) is 3. The van der Waals surface area contributed by atoms with Gasteiger partial charge in [0, 0.05) is 5.69 Å². The second-order valence-electron chi connectivity index (χ2n) is 4.63. The number of rotatable bonds is 2. The van der Waals surface area contributed by atoms with E-state index in [1.54, 1.807) is 12.1 Å². The van der Waals surface area contributed by atoms with Crippen LogP contribution in [0.4, 0.5) is 23.2 Å². The van der Waals surface area contributed by atoms with Gasteiger partial charge in [0.2, 0.25) is 0 Å². The number of nitrogens with one attached hydrogen (secondary N) is 1. The maximum absolute atomic E-state index is 13.7. The van der Waals surface area contributed by atoms with E-state index in [2.05, 4.69) is 5.32 Å². The molecule has 8 heteroatoms. The van der Waals surface area contributed by atoms with E-state index >= 15 is 0 Å². The SMILES string of the molecule is N#Cc1ccc(NC(=O)c2cc(C(F)(F)F)ccc2F)cc1C#N. The van der Waals surface area contributed by atoms with Crippen LogP contribution in [0.15, 0.2) is 36.4 Å². The number of amides is 1. The zero-order valence-electron chi connectivity index (χ0n) is 11.8. The molecule has 0 aliphatic carbocycles. The van der Waals surface area contributed by atoms with Gasteiger partial charge in [-0.2, -0.15) is 23.7 Å². The fourth-order valence-corrected chi connectivity index (χ4v) is 1.89. The number of carbonyl (C=O) groups excluding carboxylic acids is 1. The van der Waals surface area contributed by atoms with Crippen LogP contribution >= 0.6 is 0 Å². The average molecular weight is 333 g/mol. The van der Waals surface area contributed by atoms with E-state index in [0.29, 0.717) is 18.2 Å². The molecule has 0 bridgehead atoms. The van der Waals surface area contributed by atoms with Crippen LogP contribution in [0.2, 0.25) is 0 Å². The summed E-state index contributed by atoms with van der Waals surface area (Å²) in [6.45, 7) is 0. The van der Waals surface area contributed by atoms with Crippen molar-refractivity contribution in [2.45, 2.75) is 6.18 Å². The van der Waals surface area contributed by atoms with Crippen molar-refractivity contribution >= 4 is 11.6 Å². The Morgan fingerprint density at radius 1 is 1.00 bits per heavy atom. The fraction of sp³-hybridized carbons (Fsp3) is 0.0625. The van der Waals surface area contributed by atoms with Crippen LogP contribution in [0.25, 0.3) is 0 Å². The number of nitrogens with zero attached hydrogens (tertiary/aromatic N) is 2. The number of carbonyl (C=O) groups is 1.